The molecule has 0 spiro atoms. The van der Waals surface area contributed by atoms with Crippen LogP contribution in [0.5, 0.6) is 0 Å². The number of pyridine rings is 1. The Kier molecular flexibility index (Phi) is 8.11. The van der Waals surface area contributed by atoms with Gasteiger partial charge in [0.05, 0.1) is 53.9 Å². The number of imidazole rings is 1. The summed E-state index contributed by atoms with van der Waals surface area (Å²) in [6, 6.07) is 5.30. The molecule has 12 heteroatoms. The Morgan fingerprint density at radius 2 is 2.08 bits per heavy atom. The third-order valence-corrected chi connectivity index (χ3v) is 7.28. The van der Waals surface area contributed by atoms with Gasteiger partial charge in [-0.1, -0.05) is 35.9 Å². The van der Waals surface area contributed by atoms with E-state index in [9.17, 15) is 18.8 Å². The standard InChI is InChI=1S/C28H28ClFN6O4/c1-40-24(38)14-16-7-8-17-20(13-16)33-23(37)6-4-2-3-5-22(27-32-15-21(17)34-27)36-12-10-19(35-28(36)39)26-25(30)18(29)9-11-31-26/h2-3,7-9,11,13,15,19,22H,4-6,10,12,14H2,1H3,(H,32,34)(H,33,37)(H,35,39)/b3-2+/t19-,22+/m1/s1. The number of esters is 1. The number of nitrogens with one attached hydrogen (secondary N) is 3. The maximum atomic E-state index is 14.6. The van der Waals surface area contributed by atoms with Crippen molar-refractivity contribution < 1.29 is 23.5 Å². The molecule has 3 amide bonds. The average molecular weight is 567 g/mol. The summed E-state index contributed by atoms with van der Waals surface area (Å²) in [7, 11) is 1.33. The number of allylic oxidation sites excluding steroid dienone is 1. The maximum absolute atomic E-state index is 14.6. The minimum atomic E-state index is -0.639. The summed E-state index contributed by atoms with van der Waals surface area (Å²) < 4.78 is 19.3. The zero-order valence-electron chi connectivity index (χ0n) is 21.7. The second-order valence-corrected chi connectivity index (χ2v) is 10.0. The first kappa shape index (κ1) is 27.3. The summed E-state index contributed by atoms with van der Waals surface area (Å²) in [5, 5.41) is 5.76. The topological polar surface area (TPSA) is 129 Å². The summed E-state index contributed by atoms with van der Waals surface area (Å²) in [6.45, 7) is 0.339. The number of fused-ring (bicyclic) bond motifs is 4. The van der Waals surface area contributed by atoms with Gasteiger partial charge in [-0.2, -0.15) is 0 Å². The minimum Gasteiger partial charge on any atom is -0.469 e. The molecule has 2 bridgehead atoms. The average Bonchev–Trinajstić information content (AvgIpc) is 3.42. The molecule has 0 aliphatic carbocycles. The Morgan fingerprint density at radius 1 is 1.23 bits per heavy atom. The van der Waals surface area contributed by atoms with Crippen molar-refractivity contribution in [3.05, 3.63) is 76.7 Å². The van der Waals surface area contributed by atoms with E-state index in [1.165, 1.54) is 19.4 Å². The summed E-state index contributed by atoms with van der Waals surface area (Å²) in [5.41, 5.74) is 2.67. The van der Waals surface area contributed by atoms with Crippen molar-refractivity contribution in [3.63, 3.8) is 0 Å². The van der Waals surface area contributed by atoms with E-state index in [0.717, 1.165) is 0 Å². The number of aromatic nitrogens is 3. The summed E-state index contributed by atoms with van der Waals surface area (Å²) in [5.74, 6) is -0.626. The molecule has 2 aliphatic rings. The smallest absolute Gasteiger partial charge is 0.318 e. The van der Waals surface area contributed by atoms with Crippen LogP contribution in [0.3, 0.4) is 0 Å². The summed E-state index contributed by atoms with van der Waals surface area (Å²) in [6.07, 6.45) is 8.62. The van der Waals surface area contributed by atoms with Gasteiger partial charge in [0, 0.05) is 24.7 Å². The molecule has 2 aliphatic heterocycles. The van der Waals surface area contributed by atoms with Gasteiger partial charge in [-0.3, -0.25) is 14.6 Å². The maximum Gasteiger partial charge on any atom is 0.318 e. The largest absolute Gasteiger partial charge is 0.469 e. The molecular formula is C28H28ClFN6O4. The lowest BCUT2D eigenvalue weighted by Crippen LogP contribution is -2.49. The van der Waals surface area contributed by atoms with E-state index in [0.29, 0.717) is 54.1 Å². The van der Waals surface area contributed by atoms with E-state index >= 15 is 0 Å². The number of urea groups is 1. The summed E-state index contributed by atoms with van der Waals surface area (Å²) in [4.78, 5) is 51.5. The number of halogens is 2. The van der Waals surface area contributed by atoms with Crippen molar-refractivity contribution in [2.75, 3.05) is 19.0 Å². The van der Waals surface area contributed by atoms with E-state index < -0.39 is 17.9 Å². The van der Waals surface area contributed by atoms with E-state index in [1.807, 2.05) is 18.2 Å². The Hall–Kier alpha value is -4.25. The fraction of sp³-hybridized carbons (Fsp3) is 0.321. The first-order valence-corrected chi connectivity index (χ1v) is 13.3. The first-order valence-electron chi connectivity index (χ1n) is 12.9. The molecule has 2 atom stereocenters. The van der Waals surface area contributed by atoms with Gasteiger partial charge in [0.15, 0.2) is 5.82 Å². The SMILES string of the molecule is COC(=O)Cc1ccc2c(c1)NC(=O)CC/C=C/C[C@H](N1CC[C@H](c3nccc(Cl)c3F)NC1=O)c1ncc-2[nH]1. The molecule has 0 saturated carbocycles. The molecule has 1 fully saturated rings. The second kappa shape index (κ2) is 11.9. The number of carbonyl (C=O) groups excluding carboxylic acids is 3. The number of methoxy groups -OCH3 is 1. The van der Waals surface area contributed by atoms with Gasteiger partial charge in [0.25, 0.3) is 0 Å². The molecule has 3 N–H and O–H groups in total. The van der Waals surface area contributed by atoms with Crippen LogP contribution in [-0.2, 0) is 20.7 Å². The Labute approximate surface area is 235 Å². The molecule has 40 heavy (non-hydrogen) atoms. The molecular weight excluding hydrogens is 539 g/mol. The first-order chi connectivity index (χ1) is 19.3. The molecule has 1 aromatic carbocycles. The van der Waals surface area contributed by atoms with Gasteiger partial charge in [-0.05, 0) is 37.0 Å². The molecule has 2 aromatic heterocycles. The lowest BCUT2D eigenvalue weighted by Gasteiger charge is -2.37. The molecule has 10 nitrogen and oxygen atoms in total. The van der Waals surface area contributed by atoms with Gasteiger partial charge >= 0.3 is 12.0 Å². The molecule has 0 unspecified atom stereocenters. The second-order valence-electron chi connectivity index (χ2n) is 9.60. The van der Waals surface area contributed by atoms with E-state index in [1.54, 1.807) is 23.2 Å². The number of aromatic amines is 1. The Balaban J connectivity index is 1.44. The Bertz CT molecular complexity index is 1470. The van der Waals surface area contributed by atoms with Crippen LogP contribution in [0.15, 0.2) is 48.8 Å². The minimum absolute atomic E-state index is 0.0455. The van der Waals surface area contributed by atoms with E-state index in [2.05, 4.69) is 25.6 Å². The van der Waals surface area contributed by atoms with Gasteiger partial charge in [0.2, 0.25) is 5.91 Å². The highest BCUT2D eigenvalue weighted by molar-refractivity contribution is 6.30. The zero-order chi connectivity index (χ0) is 28.2. The number of anilines is 1. The van der Waals surface area contributed by atoms with Crippen LogP contribution in [0.1, 0.15) is 54.8 Å². The van der Waals surface area contributed by atoms with Crippen LogP contribution in [0.2, 0.25) is 5.02 Å². The highest BCUT2D eigenvalue weighted by atomic mass is 35.5. The third kappa shape index (κ3) is 5.84. The van der Waals surface area contributed by atoms with Crippen molar-refractivity contribution in [1.82, 2.24) is 25.2 Å². The van der Waals surface area contributed by atoms with Crippen molar-refractivity contribution in [1.29, 1.82) is 0 Å². The van der Waals surface area contributed by atoms with Gasteiger partial charge in [-0.25, -0.2) is 14.2 Å². The quantitative estimate of drug-likeness (QED) is 0.306. The predicted molar refractivity (Wildman–Crippen MR) is 146 cm³/mol. The van der Waals surface area contributed by atoms with Crippen molar-refractivity contribution in [2.24, 2.45) is 0 Å². The van der Waals surface area contributed by atoms with Crippen LogP contribution in [-0.4, -0.2) is 51.4 Å². The van der Waals surface area contributed by atoms with Gasteiger partial charge < -0.3 is 25.3 Å². The molecule has 4 heterocycles. The molecule has 3 aromatic rings. The fourth-order valence-electron chi connectivity index (χ4n) is 4.93. The normalized spacial score (nSPS) is 20.2. The van der Waals surface area contributed by atoms with Crippen molar-refractivity contribution in [2.45, 2.75) is 44.2 Å². The van der Waals surface area contributed by atoms with E-state index in [-0.39, 0.29) is 41.5 Å². The number of ether oxygens (including phenoxy) is 1. The predicted octanol–water partition coefficient (Wildman–Crippen LogP) is 4.86. The summed E-state index contributed by atoms with van der Waals surface area (Å²) >= 11 is 5.92. The van der Waals surface area contributed by atoms with Crippen molar-refractivity contribution in [3.8, 4) is 11.3 Å². The van der Waals surface area contributed by atoms with Crippen LogP contribution in [0.4, 0.5) is 14.9 Å². The third-order valence-electron chi connectivity index (χ3n) is 6.99. The van der Waals surface area contributed by atoms with Crippen LogP contribution >= 0.6 is 11.6 Å². The van der Waals surface area contributed by atoms with Crippen LogP contribution < -0.4 is 10.6 Å². The molecule has 5 rings (SSSR count). The lowest BCUT2D eigenvalue weighted by atomic mass is 10.0. The Morgan fingerprint density at radius 3 is 2.88 bits per heavy atom. The van der Waals surface area contributed by atoms with Gasteiger partial charge in [0.1, 0.15) is 5.82 Å². The highest BCUT2D eigenvalue weighted by Gasteiger charge is 2.34. The van der Waals surface area contributed by atoms with Crippen LogP contribution in [0.25, 0.3) is 11.3 Å². The molecule has 208 valence electrons. The number of carbonyl (C=O) groups is 3. The van der Waals surface area contributed by atoms with Gasteiger partial charge in [-0.15, -0.1) is 0 Å². The molecule has 0 radical (unpaired) electrons. The number of benzene rings is 1. The monoisotopic (exact) mass is 566 g/mol. The van der Waals surface area contributed by atoms with Crippen LogP contribution in [0, 0.1) is 5.82 Å². The number of nitrogens with zero attached hydrogens (tertiary/aromatic N) is 3. The number of H-pyrrole nitrogens is 1. The number of amides is 3. The molecule has 1 saturated heterocycles. The number of hydrogen-bond donors (Lipinski definition) is 3. The number of rotatable bonds is 4. The zero-order valence-corrected chi connectivity index (χ0v) is 22.5. The lowest BCUT2D eigenvalue weighted by molar-refractivity contribution is -0.139. The highest BCUT2D eigenvalue weighted by Crippen LogP contribution is 2.34. The number of hydrogen-bond acceptors (Lipinski definition) is 6. The van der Waals surface area contributed by atoms with E-state index in [4.69, 9.17) is 16.3 Å². The fourth-order valence-corrected chi connectivity index (χ4v) is 5.09. The van der Waals surface area contributed by atoms with Crippen molar-refractivity contribution >= 4 is 35.2 Å².